The number of unbranched alkanes of at least 4 members (excludes halogenated alkanes) is 6. The van der Waals surface area contributed by atoms with Crippen LogP contribution in [0, 0.1) is 28.6 Å². The lowest BCUT2D eigenvalue weighted by Gasteiger charge is -2.35. The molecule has 0 N–H and O–H groups in total. The average molecular weight is 404 g/mol. The molecule has 29 heavy (non-hydrogen) atoms. The first-order valence-corrected chi connectivity index (χ1v) is 12.7. The molecule has 3 heteroatoms. The average Bonchev–Trinajstić information content (AvgIpc) is 2.76. The van der Waals surface area contributed by atoms with E-state index in [4.69, 9.17) is 4.74 Å². The second-order valence-electron chi connectivity index (χ2n) is 9.91. The highest BCUT2D eigenvalue weighted by molar-refractivity contribution is 5.72. The SMILES string of the molecule is CCCCCC[C@H]1CC[C@H](C(=O)O[C@H]2CC[C@@](C#N)(CCCCCC)CC2)CC1. The minimum Gasteiger partial charge on any atom is -0.462 e. The van der Waals surface area contributed by atoms with Gasteiger partial charge in [0, 0.05) is 0 Å². The third-order valence-corrected chi connectivity index (χ3v) is 7.56. The molecule has 0 atom stereocenters. The predicted octanol–water partition coefficient (Wildman–Crippen LogP) is 7.73. The third kappa shape index (κ3) is 8.31. The van der Waals surface area contributed by atoms with Crippen LogP contribution in [0.5, 0.6) is 0 Å². The Kier molecular flexibility index (Phi) is 11.1. The summed E-state index contributed by atoms with van der Waals surface area (Å²) in [5.74, 6) is 1.000. The van der Waals surface area contributed by atoms with E-state index in [1.165, 1.54) is 64.2 Å². The van der Waals surface area contributed by atoms with Crippen LogP contribution in [0.4, 0.5) is 0 Å². The van der Waals surface area contributed by atoms with Gasteiger partial charge in [0.25, 0.3) is 0 Å². The second kappa shape index (κ2) is 13.3. The second-order valence-corrected chi connectivity index (χ2v) is 9.91. The molecular formula is C26H45NO2. The molecule has 0 radical (unpaired) electrons. The number of carbonyl (C=O) groups is 1. The molecular weight excluding hydrogens is 358 g/mol. The molecule has 2 aliphatic carbocycles. The number of ether oxygens (including phenoxy) is 1. The smallest absolute Gasteiger partial charge is 0.309 e. The van der Waals surface area contributed by atoms with Crippen molar-refractivity contribution in [3.05, 3.63) is 0 Å². The van der Waals surface area contributed by atoms with Gasteiger partial charge in [0.1, 0.15) is 6.10 Å². The molecule has 2 saturated carbocycles. The number of esters is 1. The van der Waals surface area contributed by atoms with Crippen LogP contribution in [0.15, 0.2) is 0 Å². The first-order valence-electron chi connectivity index (χ1n) is 12.7. The van der Waals surface area contributed by atoms with E-state index in [2.05, 4.69) is 19.9 Å². The van der Waals surface area contributed by atoms with Crippen LogP contribution in [0.1, 0.15) is 129 Å². The molecule has 2 fully saturated rings. The predicted molar refractivity (Wildman–Crippen MR) is 119 cm³/mol. The van der Waals surface area contributed by atoms with Crippen LogP contribution in [0.2, 0.25) is 0 Å². The van der Waals surface area contributed by atoms with Crippen molar-refractivity contribution in [3.8, 4) is 6.07 Å². The van der Waals surface area contributed by atoms with Crippen molar-refractivity contribution in [1.29, 1.82) is 5.26 Å². The van der Waals surface area contributed by atoms with Crippen molar-refractivity contribution in [2.45, 2.75) is 136 Å². The van der Waals surface area contributed by atoms with Crippen molar-refractivity contribution in [1.82, 2.24) is 0 Å². The standard InChI is InChI=1S/C26H45NO2/c1-3-5-7-9-11-22-12-14-23(15-13-22)25(28)29-24-16-19-26(21-27,20-17-24)18-10-8-6-4-2/h22-24H,3-20H2,1-2H3/t22-,23-,24-,26-. The highest BCUT2D eigenvalue weighted by Crippen LogP contribution is 2.41. The minimum absolute atomic E-state index is 0.0476. The van der Waals surface area contributed by atoms with E-state index in [1.54, 1.807) is 0 Å². The van der Waals surface area contributed by atoms with Gasteiger partial charge in [-0.1, -0.05) is 71.6 Å². The van der Waals surface area contributed by atoms with Gasteiger partial charge in [0.2, 0.25) is 0 Å². The number of rotatable bonds is 12. The molecule has 166 valence electrons. The molecule has 0 saturated heterocycles. The first kappa shape index (κ1) is 24.2. The van der Waals surface area contributed by atoms with Crippen LogP contribution in [-0.4, -0.2) is 12.1 Å². The maximum atomic E-state index is 12.7. The van der Waals surface area contributed by atoms with E-state index >= 15 is 0 Å². The van der Waals surface area contributed by atoms with Gasteiger partial charge >= 0.3 is 5.97 Å². The summed E-state index contributed by atoms with van der Waals surface area (Å²) in [6, 6.07) is 2.62. The van der Waals surface area contributed by atoms with Gasteiger partial charge in [0.05, 0.1) is 17.4 Å². The van der Waals surface area contributed by atoms with Crippen LogP contribution in [-0.2, 0) is 9.53 Å². The van der Waals surface area contributed by atoms with E-state index in [9.17, 15) is 10.1 Å². The van der Waals surface area contributed by atoms with Gasteiger partial charge in [-0.2, -0.15) is 5.26 Å². The summed E-state index contributed by atoms with van der Waals surface area (Å²) in [6.07, 6.45) is 20.7. The Morgan fingerprint density at radius 2 is 1.52 bits per heavy atom. The molecule has 0 aliphatic heterocycles. The van der Waals surface area contributed by atoms with Gasteiger partial charge in [-0.25, -0.2) is 0 Å². The van der Waals surface area contributed by atoms with Gasteiger partial charge in [-0.15, -0.1) is 0 Å². The summed E-state index contributed by atoms with van der Waals surface area (Å²) in [6.45, 7) is 4.48. The molecule has 0 unspecified atom stereocenters. The van der Waals surface area contributed by atoms with Gasteiger partial charge in [-0.05, 0) is 63.7 Å². The normalized spacial score (nSPS) is 29.9. The lowest BCUT2D eigenvalue weighted by atomic mass is 9.71. The highest BCUT2D eigenvalue weighted by atomic mass is 16.5. The number of hydrogen-bond donors (Lipinski definition) is 0. The molecule has 0 aromatic heterocycles. The van der Waals surface area contributed by atoms with Crippen molar-refractivity contribution < 1.29 is 9.53 Å². The molecule has 2 rings (SSSR count). The lowest BCUT2D eigenvalue weighted by Crippen LogP contribution is -2.33. The molecule has 0 amide bonds. The first-order chi connectivity index (χ1) is 14.1. The van der Waals surface area contributed by atoms with Crippen LogP contribution in [0.3, 0.4) is 0 Å². The number of hydrogen-bond acceptors (Lipinski definition) is 3. The van der Waals surface area contributed by atoms with E-state index in [0.29, 0.717) is 0 Å². The quantitative estimate of drug-likeness (QED) is 0.247. The van der Waals surface area contributed by atoms with Crippen LogP contribution >= 0.6 is 0 Å². The molecule has 2 aliphatic rings. The van der Waals surface area contributed by atoms with Crippen molar-refractivity contribution in [3.63, 3.8) is 0 Å². The number of carbonyl (C=O) groups excluding carboxylic acids is 1. The third-order valence-electron chi connectivity index (χ3n) is 7.56. The monoisotopic (exact) mass is 403 g/mol. The van der Waals surface area contributed by atoms with E-state index < -0.39 is 0 Å². The summed E-state index contributed by atoms with van der Waals surface area (Å²) in [7, 11) is 0. The fourth-order valence-corrected chi connectivity index (χ4v) is 5.38. The number of nitrogens with zero attached hydrogens (tertiary/aromatic N) is 1. The fourth-order valence-electron chi connectivity index (χ4n) is 5.38. The Balaban J connectivity index is 1.65. The van der Waals surface area contributed by atoms with Crippen LogP contribution < -0.4 is 0 Å². The van der Waals surface area contributed by atoms with Crippen molar-refractivity contribution in [2.75, 3.05) is 0 Å². The zero-order valence-electron chi connectivity index (χ0n) is 19.2. The summed E-state index contributed by atoms with van der Waals surface area (Å²) in [5, 5.41) is 9.73. The zero-order valence-corrected chi connectivity index (χ0v) is 19.2. The van der Waals surface area contributed by atoms with E-state index in [-0.39, 0.29) is 23.4 Å². The highest BCUT2D eigenvalue weighted by Gasteiger charge is 2.37. The molecule has 0 bridgehead atoms. The Hall–Kier alpha value is -1.04. The topological polar surface area (TPSA) is 50.1 Å². The summed E-state index contributed by atoms with van der Waals surface area (Å²) >= 11 is 0. The Labute approximate surface area is 180 Å². The van der Waals surface area contributed by atoms with E-state index in [0.717, 1.165) is 57.3 Å². The van der Waals surface area contributed by atoms with Crippen LogP contribution in [0.25, 0.3) is 0 Å². The Morgan fingerprint density at radius 1 is 0.897 bits per heavy atom. The van der Waals surface area contributed by atoms with E-state index in [1.807, 2.05) is 0 Å². The van der Waals surface area contributed by atoms with Crippen molar-refractivity contribution in [2.24, 2.45) is 17.3 Å². The minimum atomic E-state index is -0.160. The summed E-state index contributed by atoms with van der Waals surface area (Å²) in [4.78, 5) is 12.7. The van der Waals surface area contributed by atoms with Crippen molar-refractivity contribution >= 4 is 5.97 Å². The number of nitriles is 1. The molecule has 0 heterocycles. The molecule has 0 aromatic rings. The molecule has 0 spiro atoms. The largest absolute Gasteiger partial charge is 0.462 e. The Bertz CT molecular complexity index is 493. The molecule has 3 nitrogen and oxygen atoms in total. The maximum Gasteiger partial charge on any atom is 0.309 e. The Morgan fingerprint density at radius 3 is 2.10 bits per heavy atom. The zero-order chi connectivity index (χ0) is 21.0. The van der Waals surface area contributed by atoms with Gasteiger partial charge < -0.3 is 4.74 Å². The lowest BCUT2D eigenvalue weighted by molar-refractivity contribution is -0.158. The maximum absolute atomic E-state index is 12.7. The van der Waals surface area contributed by atoms with Gasteiger partial charge in [0.15, 0.2) is 0 Å². The molecule has 0 aromatic carbocycles. The fraction of sp³-hybridized carbons (Fsp3) is 0.923. The summed E-state index contributed by atoms with van der Waals surface area (Å²) < 4.78 is 5.91. The van der Waals surface area contributed by atoms with Gasteiger partial charge in [-0.3, -0.25) is 4.79 Å². The summed E-state index contributed by atoms with van der Waals surface area (Å²) in [5.41, 5.74) is -0.160.